The molecule has 2 aliphatic heterocycles. The molecule has 11 nitrogen and oxygen atoms in total. The Morgan fingerprint density at radius 1 is 0.600 bits per heavy atom. The lowest BCUT2D eigenvalue weighted by Crippen LogP contribution is -2.60. The van der Waals surface area contributed by atoms with Gasteiger partial charge in [-0.15, -0.1) is 0 Å². The van der Waals surface area contributed by atoms with Crippen molar-refractivity contribution in [3.63, 3.8) is 0 Å². The molecule has 10 atom stereocenters. The molecule has 8 N–H and O–H groups in total. The van der Waals surface area contributed by atoms with E-state index in [1.54, 1.807) is 0 Å². The Morgan fingerprint density at radius 3 is 1.80 bits per heavy atom. The maximum atomic E-state index is 9.99. The van der Waals surface area contributed by atoms with Gasteiger partial charge in [0, 0.05) is 5.92 Å². The highest BCUT2D eigenvalue weighted by molar-refractivity contribution is 4.92. The molecule has 2 saturated heterocycles. The number of hydrogen-bond donors (Lipinski definition) is 8. The summed E-state index contributed by atoms with van der Waals surface area (Å²) in [6, 6.07) is 0. The molecule has 2 heterocycles. The summed E-state index contributed by atoms with van der Waals surface area (Å²) in [5.74, 6) is -0.853. The van der Waals surface area contributed by atoms with Crippen molar-refractivity contribution in [2.75, 3.05) is 26.4 Å². The van der Waals surface area contributed by atoms with Crippen LogP contribution in [0.1, 0.15) is 0 Å². The van der Waals surface area contributed by atoms with E-state index in [1.807, 2.05) is 0 Å². The van der Waals surface area contributed by atoms with E-state index in [1.165, 1.54) is 0 Å². The van der Waals surface area contributed by atoms with Crippen LogP contribution in [0.5, 0.6) is 0 Å². The van der Waals surface area contributed by atoms with Crippen LogP contribution in [-0.2, 0) is 14.2 Å². The quantitative estimate of drug-likeness (QED) is 0.223. The maximum Gasteiger partial charge on any atom is 0.183 e. The Bertz CT molecular complexity index is 406. The topological polar surface area (TPSA) is 190 Å². The number of rotatable bonds is 6. The van der Waals surface area contributed by atoms with Gasteiger partial charge in [0.1, 0.15) is 36.6 Å². The van der Waals surface area contributed by atoms with E-state index in [0.717, 1.165) is 0 Å². The average molecular weight is 370 g/mol. The lowest BCUT2D eigenvalue weighted by Gasteiger charge is -2.41. The zero-order valence-electron chi connectivity index (χ0n) is 13.4. The van der Waals surface area contributed by atoms with Crippen molar-refractivity contribution >= 4 is 0 Å². The Kier molecular flexibility index (Phi) is 7.49. The van der Waals surface area contributed by atoms with Gasteiger partial charge in [-0.3, -0.25) is 0 Å². The normalized spacial score (nSPS) is 48.5. The second-order valence-electron chi connectivity index (χ2n) is 6.30. The molecule has 4 unspecified atom stereocenters. The lowest BCUT2D eigenvalue weighted by atomic mass is 9.90. The minimum Gasteiger partial charge on any atom is -0.394 e. The monoisotopic (exact) mass is 370 g/mol. The van der Waals surface area contributed by atoms with Crippen LogP contribution in [0.2, 0.25) is 0 Å². The molecule has 0 saturated carbocycles. The van der Waals surface area contributed by atoms with Gasteiger partial charge in [-0.1, -0.05) is 0 Å². The van der Waals surface area contributed by atoms with E-state index in [-0.39, 0.29) is 13.2 Å². The number of aliphatic hydroxyl groups is 8. The Labute approximate surface area is 143 Å². The Hall–Kier alpha value is -0.440. The van der Waals surface area contributed by atoms with Gasteiger partial charge in [-0.25, -0.2) is 0 Å². The first-order chi connectivity index (χ1) is 11.8. The molecule has 0 aromatic heterocycles. The van der Waals surface area contributed by atoms with Gasteiger partial charge in [0.15, 0.2) is 6.29 Å². The van der Waals surface area contributed by atoms with Crippen molar-refractivity contribution in [3.05, 3.63) is 0 Å². The molecule has 0 amide bonds. The van der Waals surface area contributed by atoms with Gasteiger partial charge >= 0.3 is 0 Å². The third-order valence-electron chi connectivity index (χ3n) is 4.64. The van der Waals surface area contributed by atoms with Gasteiger partial charge in [0.2, 0.25) is 0 Å². The molecule has 25 heavy (non-hydrogen) atoms. The zero-order chi connectivity index (χ0) is 18.7. The standard InChI is InChI=1S/C14H26O11/c15-1-6-5(9(17)13(21)14(22)25-6)3-23-4-8-11(19)12(20)10(18)7(2-16)24-8/h5-22H,1-4H2/t5-,6?,7?,8-,9-,10-,11?,12-,13?,14+/m0/s1. The molecule has 0 aromatic rings. The Balaban J connectivity index is 1.90. The van der Waals surface area contributed by atoms with Crippen molar-refractivity contribution in [2.24, 2.45) is 5.92 Å². The van der Waals surface area contributed by atoms with Crippen LogP contribution in [0, 0.1) is 5.92 Å². The summed E-state index contributed by atoms with van der Waals surface area (Å²) in [5, 5.41) is 76.7. The minimum absolute atomic E-state index is 0.203. The largest absolute Gasteiger partial charge is 0.394 e. The molecule has 0 spiro atoms. The van der Waals surface area contributed by atoms with Crippen LogP contribution in [0.4, 0.5) is 0 Å². The van der Waals surface area contributed by atoms with Gasteiger partial charge < -0.3 is 55.1 Å². The molecule has 2 fully saturated rings. The highest BCUT2D eigenvalue weighted by atomic mass is 16.6. The summed E-state index contributed by atoms with van der Waals surface area (Å²) >= 11 is 0. The maximum absolute atomic E-state index is 9.99. The van der Waals surface area contributed by atoms with Crippen LogP contribution < -0.4 is 0 Å². The first-order valence-corrected chi connectivity index (χ1v) is 8.00. The fourth-order valence-corrected chi connectivity index (χ4v) is 3.02. The third kappa shape index (κ3) is 4.46. The fourth-order valence-electron chi connectivity index (χ4n) is 3.02. The van der Waals surface area contributed by atoms with Crippen molar-refractivity contribution in [1.29, 1.82) is 0 Å². The van der Waals surface area contributed by atoms with Gasteiger partial charge in [-0.05, 0) is 0 Å². The highest BCUT2D eigenvalue weighted by Gasteiger charge is 2.45. The smallest absolute Gasteiger partial charge is 0.183 e. The van der Waals surface area contributed by atoms with Crippen LogP contribution in [0.3, 0.4) is 0 Å². The van der Waals surface area contributed by atoms with E-state index in [2.05, 4.69) is 0 Å². The van der Waals surface area contributed by atoms with E-state index < -0.39 is 74.3 Å². The fraction of sp³-hybridized carbons (Fsp3) is 1.00. The molecular weight excluding hydrogens is 344 g/mol. The van der Waals surface area contributed by atoms with Crippen molar-refractivity contribution in [2.45, 2.75) is 55.1 Å². The van der Waals surface area contributed by atoms with Gasteiger partial charge in [-0.2, -0.15) is 0 Å². The SMILES string of the molecule is OCC1O[C@@H](COC[C@H]2C(CO)O[C@@H](O)C(O)[C@H]2O)C(O)[C@@H](O)[C@H]1O. The average Bonchev–Trinajstić information content (AvgIpc) is 2.61. The molecule has 148 valence electrons. The summed E-state index contributed by atoms with van der Waals surface area (Å²) in [7, 11) is 0. The predicted octanol–water partition coefficient (Wildman–Crippen LogP) is -5.11. The highest BCUT2D eigenvalue weighted by Crippen LogP contribution is 2.26. The predicted molar refractivity (Wildman–Crippen MR) is 78.1 cm³/mol. The first-order valence-electron chi connectivity index (χ1n) is 8.00. The molecular formula is C14H26O11. The number of hydrogen-bond acceptors (Lipinski definition) is 11. The van der Waals surface area contributed by atoms with Gasteiger partial charge in [0.25, 0.3) is 0 Å². The summed E-state index contributed by atoms with van der Waals surface area (Å²) < 4.78 is 15.6. The second kappa shape index (κ2) is 8.97. The lowest BCUT2D eigenvalue weighted by molar-refractivity contribution is -0.282. The summed E-state index contributed by atoms with van der Waals surface area (Å²) in [4.78, 5) is 0. The number of ether oxygens (including phenoxy) is 3. The van der Waals surface area contributed by atoms with Crippen LogP contribution in [-0.4, -0.2) is 122 Å². The minimum atomic E-state index is -1.63. The van der Waals surface area contributed by atoms with E-state index in [0.29, 0.717) is 0 Å². The molecule has 2 aliphatic rings. The van der Waals surface area contributed by atoms with Crippen molar-refractivity contribution < 1.29 is 55.1 Å². The van der Waals surface area contributed by atoms with Crippen LogP contribution in [0.15, 0.2) is 0 Å². The van der Waals surface area contributed by atoms with E-state index >= 15 is 0 Å². The van der Waals surface area contributed by atoms with Crippen LogP contribution in [0.25, 0.3) is 0 Å². The first kappa shape index (κ1) is 20.9. The zero-order valence-corrected chi connectivity index (χ0v) is 13.4. The van der Waals surface area contributed by atoms with E-state index in [9.17, 15) is 35.7 Å². The molecule has 0 bridgehead atoms. The van der Waals surface area contributed by atoms with Crippen molar-refractivity contribution in [3.8, 4) is 0 Å². The molecule has 0 radical (unpaired) electrons. The number of aliphatic hydroxyl groups excluding tert-OH is 8. The van der Waals surface area contributed by atoms with Gasteiger partial charge in [0.05, 0.1) is 38.6 Å². The second-order valence-corrected chi connectivity index (χ2v) is 6.30. The molecule has 11 heteroatoms. The molecule has 0 aromatic carbocycles. The molecule has 0 aliphatic carbocycles. The Morgan fingerprint density at radius 2 is 1.20 bits per heavy atom. The van der Waals surface area contributed by atoms with E-state index in [4.69, 9.17) is 19.3 Å². The van der Waals surface area contributed by atoms with Crippen LogP contribution >= 0.6 is 0 Å². The summed E-state index contributed by atoms with van der Waals surface area (Å²) in [6.07, 6.45) is -12.1. The molecule has 2 rings (SSSR count). The third-order valence-corrected chi connectivity index (χ3v) is 4.64. The summed E-state index contributed by atoms with van der Waals surface area (Å²) in [6.45, 7) is -1.53. The summed E-state index contributed by atoms with van der Waals surface area (Å²) in [5.41, 5.74) is 0. The van der Waals surface area contributed by atoms with Crippen molar-refractivity contribution in [1.82, 2.24) is 0 Å².